The van der Waals surface area contributed by atoms with Crippen molar-refractivity contribution in [3.8, 4) is 0 Å². The van der Waals surface area contributed by atoms with Crippen LogP contribution in [0.25, 0.3) is 0 Å². The van der Waals surface area contributed by atoms with Crippen LogP contribution in [0, 0.1) is 5.92 Å². The highest BCUT2D eigenvalue weighted by molar-refractivity contribution is 5.82. The molecule has 1 rings (SSSR count). The molecule has 0 radical (unpaired) electrons. The second kappa shape index (κ2) is 3.56. The van der Waals surface area contributed by atoms with Gasteiger partial charge in [-0.25, -0.2) is 4.79 Å². The molecule has 0 spiro atoms. The first-order chi connectivity index (χ1) is 5.24. The minimum absolute atomic E-state index is 0.109. The molecule has 11 heavy (non-hydrogen) atoms. The topological polar surface area (TPSA) is 26.3 Å². The molecule has 0 saturated carbocycles. The maximum absolute atomic E-state index is 10.8. The van der Waals surface area contributed by atoms with E-state index in [1.54, 1.807) is 0 Å². The molecule has 0 amide bonds. The van der Waals surface area contributed by atoms with Gasteiger partial charge >= 0.3 is 5.97 Å². The van der Waals surface area contributed by atoms with Crippen LogP contribution in [0.4, 0.5) is 0 Å². The summed E-state index contributed by atoms with van der Waals surface area (Å²) in [5.41, 5.74) is 0. The lowest BCUT2D eigenvalue weighted by Gasteiger charge is -2.23. The first-order valence-corrected chi connectivity index (χ1v) is 4.11. The van der Waals surface area contributed by atoms with Gasteiger partial charge in [0.1, 0.15) is 6.10 Å². The zero-order valence-electron chi connectivity index (χ0n) is 7.04. The van der Waals surface area contributed by atoms with Gasteiger partial charge in [0.25, 0.3) is 0 Å². The van der Waals surface area contributed by atoms with Crippen LogP contribution in [-0.4, -0.2) is 12.1 Å². The van der Waals surface area contributed by atoms with Gasteiger partial charge in [0, 0.05) is 12.5 Å². The van der Waals surface area contributed by atoms with Gasteiger partial charge in [0.2, 0.25) is 0 Å². The summed E-state index contributed by atoms with van der Waals surface area (Å²) in [7, 11) is 0. The number of esters is 1. The van der Waals surface area contributed by atoms with E-state index in [0.717, 1.165) is 12.8 Å². The average Bonchev–Trinajstić information content (AvgIpc) is 2.03. The number of hydrogen-bond donors (Lipinski definition) is 0. The monoisotopic (exact) mass is 154 g/mol. The summed E-state index contributed by atoms with van der Waals surface area (Å²) < 4.78 is 5.11. The van der Waals surface area contributed by atoms with E-state index in [1.165, 1.54) is 6.08 Å². The Balaban J connectivity index is 2.49. The molecule has 1 aliphatic rings. The van der Waals surface area contributed by atoms with E-state index >= 15 is 0 Å². The number of rotatable bonds is 2. The van der Waals surface area contributed by atoms with E-state index in [4.69, 9.17) is 4.74 Å². The van der Waals surface area contributed by atoms with Crippen molar-refractivity contribution in [2.45, 2.75) is 32.8 Å². The van der Waals surface area contributed by atoms with Gasteiger partial charge < -0.3 is 4.74 Å². The summed E-state index contributed by atoms with van der Waals surface area (Å²) >= 11 is 0. The molecule has 0 aromatic rings. The first-order valence-electron chi connectivity index (χ1n) is 4.11. The molecule has 2 unspecified atom stereocenters. The van der Waals surface area contributed by atoms with Crippen LogP contribution in [0.1, 0.15) is 26.7 Å². The maximum atomic E-state index is 10.8. The number of carbonyl (C=O) groups excluding carboxylic acids is 1. The molecule has 62 valence electrons. The van der Waals surface area contributed by atoms with Crippen molar-refractivity contribution < 1.29 is 9.53 Å². The Morgan fingerprint density at radius 3 is 3.09 bits per heavy atom. The lowest BCUT2D eigenvalue weighted by atomic mass is 9.98. The molecule has 2 atom stereocenters. The third-order valence-corrected chi connectivity index (χ3v) is 2.17. The Labute approximate surface area is 67.2 Å². The second-order valence-electron chi connectivity index (χ2n) is 3.00. The van der Waals surface area contributed by atoms with Gasteiger partial charge in [-0.05, 0) is 5.92 Å². The summed E-state index contributed by atoms with van der Waals surface area (Å²) in [5.74, 6) is 0.283. The van der Waals surface area contributed by atoms with Crippen LogP contribution in [0.2, 0.25) is 0 Å². The molecule has 2 heteroatoms. The van der Waals surface area contributed by atoms with E-state index in [-0.39, 0.29) is 12.1 Å². The zero-order valence-corrected chi connectivity index (χ0v) is 7.04. The lowest BCUT2D eigenvalue weighted by Crippen LogP contribution is -2.26. The fraction of sp³-hybridized carbons (Fsp3) is 0.667. The molecule has 0 bridgehead atoms. The van der Waals surface area contributed by atoms with Crippen LogP contribution < -0.4 is 0 Å². The Morgan fingerprint density at radius 2 is 2.55 bits per heavy atom. The van der Waals surface area contributed by atoms with Gasteiger partial charge in [-0.1, -0.05) is 26.3 Å². The van der Waals surface area contributed by atoms with Crippen molar-refractivity contribution in [2.24, 2.45) is 5.92 Å². The predicted octanol–water partition coefficient (Wildman–Crippen LogP) is 1.90. The Kier molecular flexibility index (Phi) is 2.69. The zero-order chi connectivity index (χ0) is 8.27. The van der Waals surface area contributed by atoms with Crippen molar-refractivity contribution in [2.75, 3.05) is 0 Å². The minimum atomic E-state index is -0.193. The smallest absolute Gasteiger partial charge is 0.330 e. The Bertz CT molecular complexity index is 172. The Morgan fingerprint density at radius 1 is 1.82 bits per heavy atom. The largest absolute Gasteiger partial charge is 0.459 e. The molecule has 0 saturated heterocycles. The highest BCUT2D eigenvalue weighted by Gasteiger charge is 2.20. The highest BCUT2D eigenvalue weighted by atomic mass is 16.5. The summed E-state index contributed by atoms with van der Waals surface area (Å²) in [6.07, 6.45) is 5.44. The standard InChI is InChI=1S/C9H14O2/c1-3-7(2)8-5-4-6-9(10)11-8/h4,6-8H,3,5H2,1-2H3. The Hall–Kier alpha value is -0.790. The molecule has 0 aliphatic carbocycles. The molecule has 1 aliphatic heterocycles. The van der Waals surface area contributed by atoms with Crippen molar-refractivity contribution in [3.05, 3.63) is 12.2 Å². The van der Waals surface area contributed by atoms with Crippen LogP contribution in [0.5, 0.6) is 0 Å². The molecule has 0 N–H and O–H groups in total. The number of ether oxygens (including phenoxy) is 1. The van der Waals surface area contributed by atoms with E-state index in [0.29, 0.717) is 5.92 Å². The molecular weight excluding hydrogens is 140 g/mol. The second-order valence-corrected chi connectivity index (χ2v) is 3.00. The molecule has 0 aromatic heterocycles. The highest BCUT2D eigenvalue weighted by Crippen LogP contribution is 2.18. The van der Waals surface area contributed by atoms with Crippen LogP contribution >= 0.6 is 0 Å². The van der Waals surface area contributed by atoms with E-state index in [2.05, 4.69) is 13.8 Å². The third kappa shape index (κ3) is 2.07. The van der Waals surface area contributed by atoms with Crippen molar-refractivity contribution in [1.82, 2.24) is 0 Å². The van der Waals surface area contributed by atoms with E-state index in [1.807, 2.05) is 6.08 Å². The maximum Gasteiger partial charge on any atom is 0.330 e. The van der Waals surface area contributed by atoms with Gasteiger partial charge in [-0.15, -0.1) is 0 Å². The van der Waals surface area contributed by atoms with Gasteiger partial charge in [-0.2, -0.15) is 0 Å². The number of carbonyl (C=O) groups is 1. The van der Waals surface area contributed by atoms with Crippen LogP contribution in [-0.2, 0) is 9.53 Å². The summed E-state index contributed by atoms with van der Waals surface area (Å²) in [4.78, 5) is 10.8. The molecule has 0 fully saturated rings. The lowest BCUT2D eigenvalue weighted by molar-refractivity contribution is -0.146. The summed E-state index contributed by atoms with van der Waals surface area (Å²) in [5, 5.41) is 0. The van der Waals surface area contributed by atoms with Crippen molar-refractivity contribution >= 4 is 5.97 Å². The number of cyclic esters (lactones) is 1. The quantitative estimate of drug-likeness (QED) is 0.568. The molecule has 0 aromatic carbocycles. The van der Waals surface area contributed by atoms with Crippen LogP contribution in [0.3, 0.4) is 0 Å². The van der Waals surface area contributed by atoms with Gasteiger partial charge in [0.05, 0.1) is 0 Å². The SMILES string of the molecule is CCC(C)C1CC=CC(=O)O1. The van der Waals surface area contributed by atoms with E-state index in [9.17, 15) is 4.79 Å². The predicted molar refractivity (Wildman–Crippen MR) is 43.1 cm³/mol. The average molecular weight is 154 g/mol. The van der Waals surface area contributed by atoms with Crippen LogP contribution in [0.15, 0.2) is 12.2 Å². The fourth-order valence-corrected chi connectivity index (χ4v) is 1.15. The first kappa shape index (κ1) is 8.31. The summed E-state index contributed by atoms with van der Waals surface area (Å²) in [6.45, 7) is 4.22. The molecule has 1 heterocycles. The van der Waals surface area contributed by atoms with Gasteiger partial charge in [-0.3, -0.25) is 0 Å². The third-order valence-electron chi connectivity index (χ3n) is 2.17. The molecule has 2 nitrogen and oxygen atoms in total. The van der Waals surface area contributed by atoms with Crippen molar-refractivity contribution in [1.29, 1.82) is 0 Å². The normalized spacial score (nSPS) is 26.4. The number of hydrogen-bond acceptors (Lipinski definition) is 2. The van der Waals surface area contributed by atoms with E-state index < -0.39 is 0 Å². The minimum Gasteiger partial charge on any atom is -0.459 e. The van der Waals surface area contributed by atoms with Crippen molar-refractivity contribution in [3.63, 3.8) is 0 Å². The molecular formula is C9H14O2. The summed E-state index contributed by atoms with van der Waals surface area (Å²) in [6, 6.07) is 0. The fourth-order valence-electron chi connectivity index (χ4n) is 1.15. The van der Waals surface area contributed by atoms with Gasteiger partial charge in [0.15, 0.2) is 0 Å².